The van der Waals surface area contributed by atoms with Crippen LogP contribution in [0.25, 0.3) is 0 Å². The van der Waals surface area contributed by atoms with E-state index in [1.807, 2.05) is 4.90 Å². The van der Waals surface area contributed by atoms with E-state index in [4.69, 9.17) is 0 Å². The van der Waals surface area contributed by atoms with Crippen molar-refractivity contribution in [2.75, 3.05) is 19.6 Å². The molecule has 104 valence electrons. The minimum atomic E-state index is 0.338. The summed E-state index contributed by atoms with van der Waals surface area (Å²) in [4.78, 5) is 13.9. The number of nitrogens with zero attached hydrogens (tertiary/aromatic N) is 1. The summed E-state index contributed by atoms with van der Waals surface area (Å²) < 4.78 is 0. The normalized spacial score (nSPS) is 30.9. The first-order valence-electron chi connectivity index (χ1n) is 7.49. The molecular weight excluding hydrogens is 224 g/mol. The first kappa shape index (κ1) is 13.9. The van der Waals surface area contributed by atoms with Crippen molar-refractivity contribution in [2.24, 2.45) is 11.3 Å². The highest BCUT2D eigenvalue weighted by molar-refractivity contribution is 5.76. The van der Waals surface area contributed by atoms with Gasteiger partial charge in [0.05, 0.1) is 0 Å². The van der Waals surface area contributed by atoms with Gasteiger partial charge in [-0.3, -0.25) is 4.79 Å². The molecule has 1 saturated carbocycles. The average molecular weight is 252 g/mol. The number of carbonyl (C=O) groups is 1. The van der Waals surface area contributed by atoms with Crippen LogP contribution in [0, 0.1) is 11.3 Å². The smallest absolute Gasteiger partial charge is 0.223 e. The molecule has 1 aliphatic carbocycles. The zero-order chi connectivity index (χ0) is 13.2. The molecule has 3 heteroatoms. The zero-order valence-corrected chi connectivity index (χ0v) is 12.2. The Kier molecular flexibility index (Phi) is 4.31. The van der Waals surface area contributed by atoms with Gasteiger partial charge < -0.3 is 10.2 Å². The molecule has 0 radical (unpaired) electrons. The third kappa shape index (κ3) is 3.47. The van der Waals surface area contributed by atoms with E-state index >= 15 is 0 Å². The van der Waals surface area contributed by atoms with Crippen LogP contribution < -0.4 is 5.32 Å². The molecule has 0 bridgehead atoms. The number of carbonyl (C=O) groups excluding carboxylic acids is 1. The van der Waals surface area contributed by atoms with Crippen LogP contribution in [-0.4, -0.2) is 36.5 Å². The number of amides is 1. The van der Waals surface area contributed by atoms with E-state index in [-0.39, 0.29) is 0 Å². The average Bonchev–Trinajstić information content (AvgIpc) is 2.86. The summed E-state index contributed by atoms with van der Waals surface area (Å²) in [5, 5.41) is 3.59. The molecular formula is C15H28N2O. The fraction of sp³-hybridized carbons (Fsp3) is 0.933. The molecule has 2 rings (SSSR count). The van der Waals surface area contributed by atoms with Crippen molar-refractivity contribution >= 4 is 5.91 Å². The van der Waals surface area contributed by atoms with Crippen LogP contribution in [0.4, 0.5) is 0 Å². The predicted molar refractivity (Wildman–Crippen MR) is 74.4 cm³/mol. The van der Waals surface area contributed by atoms with E-state index in [2.05, 4.69) is 26.1 Å². The number of hydrogen-bond donors (Lipinski definition) is 1. The van der Waals surface area contributed by atoms with Gasteiger partial charge in [-0.1, -0.05) is 20.8 Å². The highest BCUT2D eigenvalue weighted by Crippen LogP contribution is 2.40. The van der Waals surface area contributed by atoms with Crippen LogP contribution in [0.2, 0.25) is 0 Å². The van der Waals surface area contributed by atoms with Gasteiger partial charge in [0, 0.05) is 32.1 Å². The SMILES string of the molecule is CC1CC(C)(C)CC1NCCC(=O)N1CCCC1. The van der Waals surface area contributed by atoms with Crippen molar-refractivity contribution in [1.29, 1.82) is 0 Å². The van der Waals surface area contributed by atoms with Gasteiger partial charge in [-0.2, -0.15) is 0 Å². The lowest BCUT2D eigenvalue weighted by atomic mass is 9.91. The highest BCUT2D eigenvalue weighted by atomic mass is 16.2. The molecule has 2 unspecified atom stereocenters. The fourth-order valence-electron chi connectivity index (χ4n) is 3.66. The standard InChI is InChI=1S/C15H28N2O/c1-12-10-15(2,3)11-13(12)16-7-6-14(18)17-8-4-5-9-17/h12-13,16H,4-11H2,1-3H3. The summed E-state index contributed by atoms with van der Waals surface area (Å²) in [6.07, 6.45) is 5.58. The second-order valence-electron chi connectivity index (χ2n) is 6.95. The number of hydrogen-bond acceptors (Lipinski definition) is 2. The second-order valence-corrected chi connectivity index (χ2v) is 6.95. The Balaban J connectivity index is 1.67. The summed E-state index contributed by atoms with van der Waals surface area (Å²) in [6.45, 7) is 9.83. The van der Waals surface area contributed by atoms with Crippen molar-refractivity contribution in [1.82, 2.24) is 10.2 Å². The molecule has 1 aliphatic heterocycles. The van der Waals surface area contributed by atoms with Crippen molar-refractivity contribution < 1.29 is 4.79 Å². The molecule has 18 heavy (non-hydrogen) atoms. The summed E-state index contributed by atoms with van der Waals surface area (Å²) in [6, 6.07) is 0.603. The van der Waals surface area contributed by atoms with Gasteiger partial charge in [-0.05, 0) is 37.0 Å². The number of nitrogens with one attached hydrogen (secondary N) is 1. The molecule has 2 atom stereocenters. The van der Waals surface area contributed by atoms with Crippen LogP contribution in [0.15, 0.2) is 0 Å². The number of likely N-dealkylation sites (tertiary alicyclic amines) is 1. The Morgan fingerprint density at radius 1 is 1.28 bits per heavy atom. The van der Waals surface area contributed by atoms with Crippen molar-refractivity contribution in [3.05, 3.63) is 0 Å². The maximum absolute atomic E-state index is 11.9. The monoisotopic (exact) mass is 252 g/mol. The topological polar surface area (TPSA) is 32.3 Å². The first-order valence-corrected chi connectivity index (χ1v) is 7.49. The first-order chi connectivity index (χ1) is 8.48. The van der Waals surface area contributed by atoms with Crippen LogP contribution in [0.3, 0.4) is 0 Å². The Hall–Kier alpha value is -0.570. The molecule has 0 aromatic heterocycles. The molecule has 2 aliphatic rings. The van der Waals surface area contributed by atoms with Crippen molar-refractivity contribution in [2.45, 2.75) is 58.9 Å². The van der Waals surface area contributed by atoms with Gasteiger partial charge in [0.2, 0.25) is 5.91 Å². The van der Waals surface area contributed by atoms with E-state index in [0.29, 0.717) is 23.8 Å². The Labute approximate surface area is 111 Å². The van der Waals surface area contributed by atoms with Crippen LogP contribution in [-0.2, 0) is 4.79 Å². The molecule has 1 N–H and O–H groups in total. The van der Waals surface area contributed by atoms with Gasteiger partial charge in [-0.15, -0.1) is 0 Å². The summed E-state index contributed by atoms with van der Waals surface area (Å²) >= 11 is 0. The Morgan fingerprint density at radius 2 is 1.94 bits per heavy atom. The molecule has 3 nitrogen and oxygen atoms in total. The van der Waals surface area contributed by atoms with E-state index < -0.39 is 0 Å². The fourth-order valence-corrected chi connectivity index (χ4v) is 3.66. The van der Waals surface area contributed by atoms with E-state index in [1.54, 1.807) is 0 Å². The van der Waals surface area contributed by atoms with E-state index in [0.717, 1.165) is 25.6 Å². The van der Waals surface area contributed by atoms with Crippen LogP contribution >= 0.6 is 0 Å². The van der Waals surface area contributed by atoms with Crippen molar-refractivity contribution in [3.63, 3.8) is 0 Å². The summed E-state index contributed by atoms with van der Waals surface area (Å²) in [7, 11) is 0. The Bertz CT molecular complexity index is 295. The zero-order valence-electron chi connectivity index (χ0n) is 12.2. The predicted octanol–water partition coefficient (Wildman–Crippen LogP) is 2.41. The lowest BCUT2D eigenvalue weighted by molar-refractivity contribution is -0.130. The lowest BCUT2D eigenvalue weighted by Gasteiger charge is -2.20. The van der Waals surface area contributed by atoms with Crippen LogP contribution in [0.5, 0.6) is 0 Å². The van der Waals surface area contributed by atoms with Crippen LogP contribution in [0.1, 0.15) is 52.9 Å². The van der Waals surface area contributed by atoms with Gasteiger partial charge >= 0.3 is 0 Å². The van der Waals surface area contributed by atoms with Gasteiger partial charge in [0.15, 0.2) is 0 Å². The third-order valence-electron chi connectivity index (χ3n) is 4.54. The molecule has 0 aromatic carbocycles. The van der Waals surface area contributed by atoms with E-state index in [9.17, 15) is 4.79 Å². The van der Waals surface area contributed by atoms with Gasteiger partial charge in [0.25, 0.3) is 0 Å². The molecule has 0 aromatic rings. The third-order valence-corrected chi connectivity index (χ3v) is 4.54. The van der Waals surface area contributed by atoms with Crippen molar-refractivity contribution in [3.8, 4) is 0 Å². The molecule has 2 fully saturated rings. The minimum absolute atomic E-state index is 0.338. The second kappa shape index (κ2) is 5.60. The maximum atomic E-state index is 11.9. The minimum Gasteiger partial charge on any atom is -0.343 e. The number of rotatable bonds is 4. The molecule has 1 saturated heterocycles. The Morgan fingerprint density at radius 3 is 2.50 bits per heavy atom. The maximum Gasteiger partial charge on any atom is 0.223 e. The molecule has 1 amide bonds. The highest BCUT2D eigenvalue weighted by Gasteiger charge is 2.36. The molecule has 1 heterocycles. The van der Waals surface area contributed by atoms with E-state index in [1.165, 1.54) is 25.7 Å². The van der Waals surface area contributed by atoms with Gasteiger partial charge in [0.1, 0.15) is 0 Å². The largest absolute Gasteiger partial charge is 0.343 e. The molecule has 0 spiro atoms. The summed E-state index contributed by atoms with van der Waals surface area (Å²) in [5.41, 5.74) is 0.468. The quantitative estimate of drug-likeness (QED) is 0.833. The lowest BCUT2D eigenvalue weighted by Crippen LogP contribution is -2.36. The summed E-state index contributed by atoms with van der Waals surface area (Å²) in [5.74, 6) is 1.08. The van der Waals surface area contributed by atoms with Gasteiger partial charge in [-0.25, -0.2) is 0 Å².